The van der Waals surface area contributed by atoms with Gasteiger partial charge in [0.15, 0.2) is 0 Å². The Morgan fingerprint density at radius 3 is 2.50 bits per heavy atom. The average Bonchev–Trinajstić information content (AvgIpc) is 2.52. The van der Waals surface area contributed by atoms with Crippen LogP contribution >= 0.6 is 0 Å². The zero-order valence-electron chi connectivity index (χ0n) is 12.8. The molecule has 2 aromatic carbocycles. The normalized spacial score (nSPS) is 15.6. The first-order chi connectivity index (χ1) is 10.8. The van der Waals surface area contributed by atoms with Crippen LogP contribution in [0.15, 0.2) is 48.5 Å². The number of fused-ring (bicyclic) bond motifs is 2. The van der Waals surface area contributed by atoms with Gasteiger partial charge in [-0.2, -0.15) is 0 Å². The van der Waals surface area contributed by atoms with E-state index in [1.807, 2.05) is 19.1 Å². The van der Waals surface area contributed by atoms with Crippen molar-refractivity contribution in [1.29, 1.82) is 0 Å². The Morgan fingerprint density at radius 2 is 1.68 bits per heavy atom. The van der Waals surface area contributed by atoms with Crippen LogP contribution in [-0.2, 0) is 22.4 Å². The van der Waals surface area contributed by atoms with Gasteiger partial charge in [-0.1, -0.05) is 54.6 Å². The van der Waals surface area contributed by atoms with Gasteiger partial charge >= 0.3 is 5.97 Å². The molecule has 0 saturated heterocycles. The number of ether oxygens (including phenoxy) is 1. The van der Waals surface area contributed by atoms with Gasteiger partial charge in [-0.05, 0) is 47.6 Å². The monoisotopic (exact) mass is 292 g/mol. The van der Waals surface area contributed by atoms with E-state index in [-0.39, 0.29) is 5.97 Å². The van der Waals surface area contributed by atoms with Gasteiger partial charge in [0.2, 0.25) is 0 Å². The highest BCUT2D eigenvalue weighted by Crippen LogP contribution is 2.30. The summed E-state index contributed by atoms with van der Waals surface area (Å²) in [6.45, 7) is 2.26. The van der Waals surface area contributed by atoms with Crippen LogP contribution in [0.4, 0.5) is 0 Å². The fraction of sp³-hybridized carbons (Fsp3) is 0.250. The van der Waals surface area contributed by atoms with Gasteiger partial charge in [-0.15, -0.1) is 0 Å². The molecule has 1 aliphatic carbocycles. The fourth-order valence-electron chi connectivity index (χ4n) is 3.00. The third-order valence-electron chi connectivity index (χ3n) is 4.05. The molecule has 0 N–H and O–H groups in total. The number of hydrogen-bond donors (Lipinski definition) is 0. The van der Waals surface area contributed by atoms with Crippen molar-refractivity contribution in [2.75, 3.05) is 6.61 Å². The molecule has 0 radical (unpaired) electrons. The number of rotatable bonds is 3. The van der Waals surface area contributed by atoms with E-state index in [1.54, 1.807) is 0 Å². The molecule has 2 aromatic rings. The van der Waals surface area contributed by atoms with Crippen molar-refractivity contribution >= 4 is 17.6 Å². The highest BCUT2D eigenvalue weighted by molar-refractivity contribution is 5.93. The summed E-state index contributed by atoms with van der Waals surface area (Å²) < 4.78 is 5.14. The zero-order chi connectivity index (χ0) is 15.4. The van der Waals surface area contributed by atoms with Gasteiger partial charge in [0.1, 0.15) is 0 Å². The Hall–Kier alpha value is -2.35. The smallest absolute Gasteiger partial charge is 0.310 e. The molecule has 3 rings (SSSR count). The molecule has 0 amide bonds. The van der Waals surface area contributed by atoms with Gasteiger partial charge in [0.05, 0.1) is 13.0 Å². The van der Waals surface area contributed by atoms with Gasteiger partial charge in [-0.25, -0.2) is 0 Å². The van der Waals surface area contributed by atoms with Gasteiger partial charge < -0.3 is 4.74 Å². The summed E-state index contributed by atoms with van der Waals surface area (Å²) in [6.07, 6.45) is 4.48. The second-order valence-corrected chi connectivity index (χ2v) is 5.51. The van der Waals surface area contributed by atoms with Crippen LogP contribution in [0.1, 0.15) is 35.6 Å². The quantitative estimate of drug-likeness (QED) is 0.789. The van der Waals surface area contributed by atoms with E-state index in [4.69, 9.17) is 4.74 Å². The van der Waals surface area contributed by atoms with E-state index in [0.717, 1.165) is 18.4 Å². The standard InChI is InChI=1S/C20H20O2/c1-2-22-20(21)14-18-13-17-9-4-3-7-15(17)11-12-16-8-5-6-10-19(16)18/h3-10,13H,2,11-12,14H2,1H3/b18-13-. The Bertz CT molecular complexity index is 713. The summed E-state index contributed by atoms with van der Waals surface area (Å²) in [5.74, 6) is -0.165. The van der Waals surface area contributed by atoms with Gasteiger partial charge in [-0.3, -0.25) is 4.79 Å². The lowest BCUT2D eigenvalue weighted by Crippen LogP contribution is -2.08. The van der Waals surface area contributed by atoms with E-state index in [9.17, 15) is 4.79 Å². The maximum atomic E-state index is 12.0. The van der Waals surface area contributed by atoms with E-state index >= 15 is 0 Å². The summed E-state index contributed by atoms with van der Waals surface area (Å²) in [5, 5.41) is 0. The summed E-state index contributed by atoms with van der Waals surface area (Å²) >= 11 is 0. The third-order valence-corrected chi connectivity index (χ3v) is 4.05. The minimum atomic E-state index is -0.165. The van der Waals surface area contributed by atoms with E-state index in [1.165, 1.54) is 22.3 Å². The molecule has 0 saturated carbocycles. The zero-order valence-corrected chi connectivity index (χ0v) is 12.8. The predicted molar refractivity (Wildman–Crippen MR) is 89.4 cm³/mol. The first kappa shape index (κ1) is 14.6. The minimum absolute atomic E-state index is 0.165. The Balaban J connectivity index is 2.07. The Labute approximate surface area is 131 Å². The van der Waals surface area contributed by atoms with Crippen molar-refractivity contribution in [2.24, 2.45) is 0 Å². The van der Waals surface area contributed by atoms with Crippen molar-refractivity contribution < 1.29 is 9.53 Å². The van der Waals surface area contributed by atoms with Crippen molar-refractivity contribution in [1.82, 2.24) is 0 Å². The lowest BCUT2D eigenvalue weighted by molar-refractivity contribution is -0.141. The van der Waals surface area contributed by atoms with E-state index in [0.29, 0.717) is 13.0 Å². The molecular formula is C20H20O2. The average molecular weight is 292 g/mol. The maximum absolute atomic E-state index is 12.0. The SMILES string of the molecule is CCOC(=O)C/C1=C/c2ccccc2CCc2ccccc21. The van der Waals surface area contributed by atoms with Crippen LogP contribution in [0.2, 0.25) is 0 Å². The van der Waals surface area contributed by atoms with E-state index in [2.05, 4.69) is 42.5 Å². The van der Waals surface area contributed by atoms with Crippen LogP contribution < -0.4 is 0 Å². The van der Waals surface area contributed by atoms with Crippen LogP contribution in [0.5, 0.6) is 0 Å². The van der Waals surface area contributed by atoms with Crippen molar-refractivity contribution in [3.63, 3.8) is 0 Å². The van der Waals surface area contributed by atoms with Gasteiger partial charge in [0.25, 0.3) is 0 Å². The molecule has 22 heavy (non-hydrogen) atoms. The van der Waals surface area contributed by atoms with E-state index < -0.39 is 0 Å². The van der Waals surface area contributed by atoms with Crippen molar-refractivity contribution in [3.8, 4) is 0 Å². The highest BCUT2D eigenvalue weighted by atomic mass is 16.5. The molecule has 0 aliphatic heterocycles. The molecule has 0 heterocycles. The number of benzene rings is 2. The lowest BCUT2D eigenvalue weighted by atomic mass is 9.88. The minimum Gasteiger partial charge on any atom is -0.466 e. The number of aryl methyl sites for hydroxylation is 2. The fourth-order valence-corrected chi connectivity index (χ4v) is 3.00. The molecule has 2 nitrogen and oxygen atoms in total. The van der Waals surface area contributed by atoms with Crippen LogP contribution in [0, 0.1) is 0 Å². The summed E-state index contributed by atoms with van der Waals surface area (Å²) in [6, 6.07) is 16.8. The number of carbonyl (C=O) groups is 1. The maximum Gasteiger partial charge on any atom is 0.310 e. The molecule has 0 bridgehead atoms. The second kappa shape index (κ2) is 6.61. The molecule has 0 aromatic heterocycles. The molecule has 0 spiro atoms. The molecular weight excluding hydrogens is 272 g/mol. The lowest BCUT2D eigenvalue weighted by Gasteiger charge is -2.18. The molecule has 0 fully saturated rings. The summed E-state index contributed by atoms with van der Waals surface area (Å²) in [5.41, 5.74) is 6.05. The second-order valence-electron chi connectivity index (χ2n) is 5.51. The number of carbonyl (C=O) groups excluding carboxylic acids is 1. The third kappa shape index (κ3) is 3.11. The first-order valence-electron chi connectivity index (χ1n) is 7.80. The molecule has 112 valence electrons. The Kier molecular flexibility index (Phi) is 4.38. The van der Waals surface area contributed by atoms with Crippen LogP contribution in [0.3, 0.4) is 0 Å². The summed E-state index contributed by atoms with van der Waals surface area (Å²) in [7, 11) is 0. The van der Waals surface area contributed by atoms with Crippen LogP contribution in [0.25, 0.3) is 11.6 Å². The predicted octanol–water partition coefficient (Wildman–Crippen LogP) is 4.28. The molecule has 0 unspecified atom stereocenters. The van der Waals surface area contributed by atoms with Gasteiger partial charge in [0, 0.05) is 0 Å². The van der Waals surface area contributed by atoms with Crippen molar-refractivity contribution in [2.45, 2.75) is 26.2 Å². The van der Waals surface area contributed by atoms with Crippen molar-refractivity contribution in [3.05, 3.63) is 70.8 Å². The topological polar surface area (TPSA) is 26.3 Å². The summed E-state index contributed by atoms with van der Waals surface area (Å²) in [4.78, 5) is 12.0. The molecule has 0 atom stereocenters. The first-order valence-corrected chi connectivity index (χ1v) is 7.80. The molecule has 2 heteroatoms. The number of esters is 1. The largest absolute Gasteiger partial charge is 0.466 e. The molecule has 1 aliphatic rings. The number of hydrogen-bond acceptors (Lipinski definition) is 2. The Morgan fingerprint density at radius 1 is 1.00 bits per heavy atom. The highest BCUT2D eigenvalue weighted by Gasteiger charge is 2.16. The van der Waals surface area contributed by atoms with Crippen LogP contribution in [-0.4, -0.2) is 12.6 Å².